The van der Waals surface area contributed by atoms with E-state index in [9.17, 15) is 9.90 Å². The molecule has 1 aliphatic rings. The zero-order valence-corrected chi connectivity index (χ0v) is 13.1. The van der Waals surface area contributed by atoms with Crippen LogP contribution in [0.2, 0.25) is 0 Å². The number of ether oxygens (including phenoxy) is 1. The Kier molecular flexibility index (Phi) is 2.64. The van der Waals surface area contributed by atoms with Gasteiger partial charge in [-0.25, -0.2) is 0 Å². The summed E-state index contributed by atoms with van der Waals surface area (Å²) in [5.74, 6) is 1.39. The van der Waals surface area contributed by atoms with E-state index in [4.69, 9.17) is 9.15 Å². The van der Waals surface area contributed by atoms with Gasteiger partial charge in [-0.15, -0.1) is 0 Å². The van der Waals surface area contributed by atoms with Crippen molar-refractivity contribution in [3.05, 3.63) is 58.8 Å². The van der Waals surface area contributed by atoms with Crippen LogP contribution in [0.1, 0.15) is 41.1 Å². The van der Waals surface area contributed by atoms with Crippen molar-refractivity contribution in [3.8, 4) is 11.5 Å². The predicted molar refractivity (Wildman–Crippen MR) is 86.4 cm³/mol. The van der Waals surface area contributed by atoms with Gasteiger partial charge in [0.15, 0.2) is 5.78 Å². The predicted octanol–water partition coefficient (Wildman–Crippen LogP) is 4.02. The van der Waals surface area contributed by atoms with Gasteiger partial charge >= 0.3 is 0 Å². The fraction of sp³-hybridized carbons (Fsp3) is 0.211. The second-order valence-corrected chi connectivity index (χ2v) is 6.35. The lowest BCUT2D eigenvalue weighted by Gasteiger charge is -2.30. The lowest BCUT2D eigenvalue weighted by atomic mass is 9.72. The van der Waals surface area contributed by atoms with Crippen LogP contribution in [0.25, 0.3) is 11.0 Å². The van der Waals surface area contributed by atoms with E-state index in [1.165, 1.54) is 0 Å². The first-order valence-electron chi connectivity index (χ1n) is 7.42. The smallest absolute Gasteiger partial charge is 0.197 e. The summed E-state index contributed by atoms with van der Waals surface area (Å²) in [5, 5.41) is 10.6. The SMILES string of the molecule is COc1ccc2c3c(oc2c1)C(C)(C)c1cc(O)ccc1C3=O. The molecule has 0 aliphatic heterocycles. The molecule has 2 aromatic carbocycles. The van der Waals surface area contributed by atoms with Gasteiger partial charge in [0.25, 0.3) is 0 Å². The van der Waals surface area contributed by atoms with Crippen LogP contribution in [0.15, 0.2) is 40.8 Å². The summed E-state index contributed by atoms with van der Waals surface area (Å²) in [4.78, 5) is 13.0. The molecular formula is C19H16O4. The summed E-state index contributed by atoms with van der Waals surface area (Å²) in [6.45, 7) is 3.99. The second-order valence-electron chi connectivity index (χ2n) is 6.35. The number of ketones is 1. The van der Waals surface area contributed by atoms with E-state index >= 15 is 0 Å². The number of carbonyl (C=O) groups excluding carboxylic acids is 1. The van der Waals surface area contributed by atoms with Gasteiger partial charge in [0.05, 0.1) is 12.7 Å². The fourth-order valence-corrected chi connectivity index (χ4v) is 3.37. The van der Waals surface area contributed by atoms with Gasteiger partial charge in [-0.2, -0.15) is 0 Å². The molecule has 0 unspecified atom stereocenters. The van der Waals surface area contributed by atoms with E-state index in [1.807, 2.05) is 26.0 Å². The van der Waals surface area contributed by atoms with Crippen molar-refractivity contribution in [3.63, 3.8) is 0 Å². The summed E-state index contributed by atoms with van der Waals surface area (Å²) >= 11 is 0. The summed E-state index contributed by atoms with van der Waals surface area (Å²) < 4.78 is 11.3. The van der Waals surface area contributed by atoms with Crippen LogP contribution in [0.3, 0.4) is 0 Å². The fourth-order valence-electron chi connectivity index (χ4n) is 3.37. The minimum absolute atomic E-state index is 0.0711. The number of aromatic hydroxyl groups is 1. The van der Waals surface area contributed by atoms with E-state index in [-0.39, 0.29) is 11.5 Å². The highest BCUT2D eigenvalue weighted by atomic mass is 16.5. The molecule has 0 spiro atoms. The normalized spacial score (nSPS) is 15.3. The Labute approximate surface area is 133 Å². The number of hydrogen-bond acceptors (Lipinski definition) is 4. The van der Waals surface area contributed by atoms with Crippen LogP contribution in [0, 0.1) is 0 Å². The molecule has 4 heteroatoms. The summed E-state index contributed by atoms with van der Waals surface area (Å²) in [6.07, 6.45) is 0. The molecule has 116 valence electrons. The monoisotopic (exact) mass is 308 g/mol. The van der Waals surface area contributed by atoms with Crippen molar-refractivity contribution >= 4 is 16.8 Å². The Morgan fingerprint density at radius 3 is 2.65 bits per heavy atom. The molecule has 0 saturated carbocycles. The Morgan fingerprint density at radius 2 is 1.91 bits per heavy atom. The van der Waals surface area contributed by atoms with Crippen LogP contribution >= 0.6 is 0 Å². The summed E-state index contributed by atoms with van der Waals surface area (Å²) in [6, 6.07) is 10.3. The molecule has 1 heterocycles. The highest BCUT2D eigenvalue weighted by molar-refractivity contribution is 6.19. The van der Waals surface area contributed by atoms with E-state index < -0.39 is 5.41 Å². The van der Waals surface area contributed by atoms with Crippen molar-refractivity contribution < 1.29 is 19.1 Å². The molecule has 0 fully saturated rings. The van der Waals surface area contributed by atoms with Crippen LogP contribution in [-0.4, -0.2) is 18.0 Å². The third kappa shape index (κ3) is 1.75. The zero-order chi connectivity index (χ0) is 16.4. The van der Waals surface area contributed by atoms with E-state index in [0.29, 0.717) is 28.2 Å². The van der Waals surface area contributed by atoms with E-state index in [1.54, 1.807) is 31.4 Å². The quantitative estimate of drug-likeness (QED) is 0.737. The van der Waals surface area contributed by atoms with Gasteiger partial charge in [-0.3, -0.25) is 4.79 Å². The maximum absolute atomic E-state index is 13.0. The number of phenols is 1. The average molecular weight is 308 g/mol. The van der Waals surface area contributed by atoms with Gasteiger partial charge < -0.3 is 14.3 Å². The minimum Gasteiger partial charge on any atom is -0.508 e. The molecule has 0 bridgehead atoms. The molecule has 23 heavy (non-hydrogen) atoms. The molecule has 4 rings (SSSR count). The third-order valence-corrected chi connectivity index (χ3v) is 4.61. The van der Waals surface area contributed by atoms with Crippen molar-refractivity contribution in [2.75, 3.05) is 7.11 Å². The van der Waals surface area contributed by atoms with Gasteiger partial charge in [0.2, 0.25) is 0 Å². The lowest BCUT2D eigenvalue weighted by molar-refractivity contribution is 0.102. The van der Waals surface area contributed by atoms with Crippen molar-refractivity contribution in [2.24, 2.45) is 0 Å². The number of hydrogen-bond donors (Lipinski definition) is 1. The maximum Gasteiger partial charge on any atom is 0.197 e. The molecule has 3 aromatic rings. The number of carbonyl (C=O) groups is 1. The van der Waals surface area contributed by atoms with Gasteiger partial charge in [-0.05, 0) is 49.7 Å². The van der Waals surface area contributed by atoms with E-state index in [2.05, 4.69) is 0 Å². The Bertz CT molecular complexity index is 963. The van der Waals surface area contributed by atoms with Crippen molar-refractivity contribution in [2.45, 2.75) is 19.3 Å². The average Bonchev–Trinajstić information content (AvgIpc) is 2.92. The van der Waals surface area contributed by atoms with Crippen LogP contribution < -0.4 is 4.74 Å². The lowest BCUT2D eigenvalue weighted by Crippen LogP contribution is -2.29. The molecule has 1 aromatic heterocycles. The van der Waals surface area contributed by atoms with Gasteiger partial charge in [-0.1, -0.05) is 0 Å². The molecule has 0 radical (unpaired) electrons. The Balaban J connectivity index is 2.07. The molecule has 0 amide bonds. The maximum atomic E-state index is 13.0. The molecule has 1 N–H and O–H groups in total. The van der Waals surface area contributed by atoms with E-state index in [0.717, 1.165) is 10.9 Å². The van der Waals surface area contributed by atoms with Gasteiger partial charge in [0, 0.05) is 22.4 Å². The van der Waals surface area contributed by atoms with Crippen LogP contribution in [0.4, 0.5) is 0 Å². The largest absolute Gasteiger partial charge is 0.508 e. The number of benzene rings is 2. The molecule has 0 atom stereocenters. The molecular weight excluding hydrogens is 292 g/mol. The third-order valence-electron chi connectivity index (χ3n) is 4.61. The first-order chi connectivity index (χ1) is 10.9. The van der Waals surface area contributed by atoms with Crippen LogP contribution in [0.5, 0.6) is 11.5 Å². The minimum atomic E-state index is -0.510. The standard InChI is InChI=1S/C19H16O4/c1-19(2)14-8-10(20)4-6-12(14)17(21)16-13-7-5-11(22-3)9-15(13)23-18(16)19/h4-9,20H,1-3H3. The summed E-state index contributed by atoms with van der Waals surface area (Å²) in [5.41, 5.74) is 2.11. The number of methoxy groups -OCH3 is 1. The topological polar surface area (TPSA) is 59.7 Å². The summed E-state index contributed by atoms with van der Waals surface area (Å²) in [7, 11) is 1.59. The zero-order valence-electron chi connectivity index (χ0n) is 13.1. The van der Waals surface area contributed by atoms with Crippen molar-refractivity contribution in [1.29, 1.82) is 0 Å². The Hall–Kier alpha value is -2.75. The highest BCUT2D eigenvalue weighted by Crippen LogP contribution is 2.46. The second kappa shape index (κ2) is 4.38. The number of phenolic OH excluding ortho intramolecular Hbond substituents is 1. The first kappa shape index (κ1) is 13.9. The van der Waals surface area contributed by atoms with Gasteiger partial charge in [0.1, 0.15) is 22.8 Å². The number of rotatable bonds is 1. The molecule has 1 aliphatic carbocycles. The molecule has 4 nitrogen and oxygen atoms in total. The highest BCUT2D eigenvalue weighted by Gasteiger charge is 2.41. The number of fused-ring (bicyclic) bond motifs is 4. The number of furan rings is 1. The Morgan fingerprint density at radius 1 is 1.13 bits per heavy atom. The van der Waals surface area contributed by atoms with Crippen molar-refractivity contribution in [1.82, 2.24) is 0 Å². The molecule has 0 saturated heterocycles. The first-order valence-corrected chi connectivity index (χ1v) is 7.42. The van der Waals surface area contributed by atoms with Crippen LogP contribution in [-0.2, 0) is 5.41 Å².